The molecule has 0 aliphatic heterocycles. The summed E-state index contributed by atoms with van der Waals surface area (Å²) >= 11 is 6.11. The van der Waals surface area contributed by atoms with Gasteiger partial charge in [-0.1, -0.05) is 11.6 Å². The van der Waals surface area contributed by atoms with Gasteiger partial charge in [0, 0.05) is 17.4 Å². The van der Waals surface area contributed by atoms with Crippen molar-refractivity contribution in [3.63, 3.8) is 0 Å². The van der Waals surface area contributed by atoms with Crippen LogP contribution in [0.5, 0.6) is 11.5 Å². The predicted octanol–water partition coefficient (Wildman–Crippen LogP) is 5.15. The molecule has 1 heterocycles. The standard InChI is InChI=1S/C21H20ClN3O5/c1-12-4-9-17(30-12)20(26)23-13-5-7-14(8-6-13)24-21(27)25-16-10-15(22)18(28-2)11-19(16)29-3/h4-11H,1-3H3,(H,23,26)(H2,24,25,27). The van der Waals surface area contributed by atoms with Gasteiger partial charge in [0.25, 0.3) is 5.91 Å². The van der Waals surface area contributed by atoms with Crippen LogP contribution in [0.15, 0.2) is 52.9 Å². The molecule has 3 amide bonds. The van der Waals surface area contributed by atoms with Crippen molar-refractivity contribution in [1.29, 1.82) is 0 Å². The third-order valence-electron chi connectivity index (χ3n) is 4.09. The number of anilines is 3. The molecule has 2 aromatic carbocycles. The first kappa shape index (κ1) is 21.1. The van der Waals surface area contributed by atoms with Crippen molar-refractivity contribution >= 4 is 40.6 Å². The number of furan rings is 1. The smallest absolute Gasteiger partial charge is 0.323 e. The normalized spacial score (nSPS) is 10.3. The van der Waals surface area contributed by atoms with E-state index in [2.05, 4.69) is 16.0 Å². The summed E-state index contributed by atoms with van der Waals surface area (Å²) in [6.07, 6.45) is 0. The van der Waals surface area contributed by atoms with E-state index in [4.69, 9.17) is 25.5 Å². The number of benzene rings is 2. The van der Waals surface area contributed by atoms with Gasteiger partial charge in [-0.25, -0.2) is 4.79 Å². The predicted molar refractivity (Wildman–Crippen MR) is 115 cm³/mol. The number of hydrogen-bond acceptors (Lipinski definition) is 5. The molecule has 1 aromatic heterocycles. The molecule has 0 saturated heterocycles. The van der Waals surface area contributed by atoms with Crippen LogP contribution in [-0.2, 0) is 0 Å². The van der Waals surface area contributed by atoms with Crippen molar-refractivity contribution in [2.45, 2.75) is 6.92 Å². The van der Waals surface area contributed by atoms with Crippen molar-refractivity contribution in [3.8, 4) is 11.5 Å². The molecule has 0 aliphatic carbocycles. The maximum Gasteiger partial charge on any atom is 0.323 e. The van der Waals surface area contributed by atoms with Crippen LogP contribution in [-0.4, -0.2) is 26.2 Å². The van der Waals surface area contributed by atoms with E-state index in [0.717, 1.165) is 0 Å². The minimum Gasteiger partial charge on any atom is -0.495 e. The molecule has 9 heteroatoms. The van der Waals surface area contributed by atoms with Gasteiger partial charge in [0.15, 0.2) is 5.76 Å². The van der Waals surface area contributed by atoms with E-state index in [1.54, 1.807) is 49.4 Å². The van der Waals surface area contributed by atoms with Gasteiger partial charge >= 0.3 is 6.03 Å². The number of ether oxygens (including phenoxy) is 2. The van der Waals surface area contributed by atoms with Gasteiger partial charge in [0.1, 0.15) is 17.3 Å². The molecule has 3 rings (SSSR count). The van der Waals surface area contributed by atoms with E-state index in [1.807, 2.05) is 0 Å². The fourth-order valence-electron chi connectivity index (χ4n) is 2.63. The quantitative estimate of drug-likeness (QED) is 0.502. The third-order valence-corrected chi connectivity index (χ3v) is 4.38. The SMILES string of the molecule is COc1cc(OC)c(NC(=O)Nc2ccc(NC(=O)c3ccc(C)o3)cc2)cc1Cl. The molecule has 0 unspecified atom stereocenters. The minimum absolute atomic E-state index is 0.223. The highest BCUT2D eigenvalue weighted by atomic mass is 35.5. The Hall–Kier alpha value is -3.65. The van der Waals surface area contributed by atoms with Gasteiger partial charge in [-0.15, -0.1) is 0 Å². The van der Waals surface area contributed by atoms with E-state index in [1.165, 1.54) is 20.3 Å². The maximum atomic E-state index is 12.3. The lowest BCUT2D eigenvalue weighted by atomic mass is 10.2. The van der Waals surface area contributed by atoms with E-state index in [0.29, 0.717) is 39.3 Å². The number of amides is 3. The number of urea groups is 1. The number of carbonyl (C=O) groups excluding carboxylic acids is 2. The highest BCUT2D eigenvalue weighted by molar-refractivity contribution is 6.32. The molecule has 0 atom stereocenters. The minimum atomic E-state index is -0.489. The Morgan fingerprint density at radius 3 is 2.07 bits per heavy atom. The van der Waals surface area contributed by atoms with Crippen molar-refractivity contribution in [3.05, 3.63) is 65.1 Å². The van der Waals surface area contributed by atoms with Gasteiger partial charge in [-0.3, -0.25) is 4.79 Å². The lowest BCUT2D eigenvalue weighted by Crippen LogP contribution is -2.20. The van der Waals surface area contributed by atoms with E-state index in [9.17, 15) is 9.59 Å². The molecule has 156 valence electrons. The summed E-state index contributed by atoms with van der Waals surface area (Å²) in [5, 5.41) is 8.42. The summed E-state index contributed by atoms with van der Waals surface area (Å²) < 4.78 is 15.7. The first-order chi connectivity index (χ1) is 14.4. The molecular weight excluding hydrogens is 410 g/mol. The number of halogens is 1. The highest BCUT2D eigenvalue weighted by Gasteiger charge is 2.13. The lowest BCUT2D eigenvalue weighted by molar-refractivity contribution is 0.0995. The summed E-state index contributed by atoms with van der Waals surface area (Å²) in [7, 11) is 2.96. The first-order valence-corrected chi connectivity index (χ1v) is 9.24. The second-order valence-electron chi connectivity index (χ2n) is 6.21. The average Bonchev–Trinajstić information content (AvgIpc) is 3.16. The zero-order valence-corrected chi connectivity index (χ0v) is 17.3. The van der Waals surface area contributed by atoms with Crippen LogP contribution in [0.4, 0.5) is 21.9 Å². The van der Waals surface area contributed by atoms with Gasteiger partial charge in [0.2, 0.25) is 0 Å². The summed E-state index contributed by atoms with van der Waals surface area (Å²) in [5.74, 6) is 1.35. The number of hydrogen-bond donors (Lipinski definition) is 3. The van der Waals surface area contributed by atoms with Crippen LogP contribution < -0.4 is 25.4 Å². The Balaban J connectivity index is 1.62. The largest absolute Gasteiger partial charge is 0.495 e. The molecule has 3 aromatic rings. The Morgan fingerprint density at radius 1 is 0.867 bits per heavy atom. The molecule has 3 N–H and O–H groups in total. The van der Waals surface area contributed by atoms with Crippen LogP contribution in [0.25, 0.3) is 0 Å². The number of carbonyl (C=O) groups is 2. The van der Waals surface area contributed by atoms with Crippen LogP contribution in [0.1, 0.15) is 16.3 Å². The van der Waals surface area contributed by atoms with Gasteiger partial charge in [-0.2, -0.15) is 0 Å². The topological polar surface area (TPSA) is 102 Å². The van der Waals surface area contributed by atoms with Gasteiger partial charge in [-0.05, 0) is 49.4 Å². The summed E-state index contributed by atoms with van der Waals surface area (Å²) in [5.41, 5.74) is 1.47. The third kappa shape index (κ3) is 5.03. The molecule has 0 bridgehead atoms. The van der Waals surface area contributed by atoms with Crippen molar-refractivity contribution in [1.82, 2.24) is 0 Å². The van der Waals surface area contributed by atoms with Crippen LogP contribution in [0.2, 0.25) is 5.02 Å². The maximum absolute atomic E-state index is 12.3. The molecule has 30 heavy (non-hydrogen) atoms. The molecule has 0 fully saturated rings. The molecule has 0 spiro atoms. The Kier molecular flexibility index (Phi) is 6.48. The average molecular weight is 430 g/mol. The fourth-order valence-corrected chi connectivity index (χ4v) is 2.87. The highest BCUT2D eigenvalue weighted by Crippen LogP contribution is 2.35. The van der Waals surface area contributed by atoms with Gasteiger partial charge in [0.05, 0.1) is 24.9 Å². The number of nitrogens with one attached hydrogen (secondary N) is 3. The van der Waals surface area contributed by atoms with Crippen molar-refractivity contribution in [2.75, 3.05) is 30.2 Å². The summed E-state index contributed by atoms with van der Waals surface area (Å²) in [6, 6.07) is 12.6. The van der Waals surface area contributed by atoms with E-state index in [-0.39, 0.29) is 11.7 Å². The first-order valence-electron chi connectivity index (χ1n) is 8.87. The molecule has 8 nitrogen and oxygen atoms in total. The van der Waals surface area contributed by atoms with Crippen LogP contribution in [0, 0.1) is 6.92 Å². The summed E-state index contributed by atoms with van der Waals surface area (Å²) in [4.78, 5) is 24.4. The Bertz CT molecular complexity index is 1060. The number of aryl methyl sites for hydroxylation is 1. The second-order valence-corrected chi connectivity index (χ2v) is 6.62. The zero-order chi connectivity index (χ0) is 21.7. The van der Waals surface area contributed by atoms with Crippen molar-refractivity contribution in [2.24, 2.45) is 0 Å². The number of rotatable bonds is 6. The molecule has 0 radical (unpaired) electrons. The van der Waals surface area contributed by atoms with Crippen molar-refractivity contribution < 1.29 is 23.5 Å². The number of methoxy groups -OCH3 is 2. The van der Waals surface area contributed by atoms with Gasteiger partial charge < -0.3 is 29.8 Å². The van der Waals surface area contributed by atoms with E-state index >= 15 is 0 Å². The fraction of sp³-hybridized carbons (Fsp3) is 0.143. The lowest BCUT2D eigenvalue weighted by Gasteiger charge is -2.14. The molecule has 0 saturated carbocycles. The monoisotopic (exact) mass is 429 g/mol. The molecular formula is C21H20ClN3O5. The van der Waals surface area contributed by atoms with Crippen LogP contribution in [0.3, 0.4) is 0 Å². The second kappa shape index (κ2) is 9.23. The zero-order valence-electron chi connectivity index (χ0n) is 16.5. The summed E-state index contributed by atoms with van der Waals surface area (Å²) in [6.45, 7) is 1.76. The Labute approximate surface area is 178 Å². The molecule has 0 aliphatic rings. The Morgan fingerprint density at radius 2 is 1.50 bits per heavy atom. The van der Waals surface area contributed by atoms with Crippen LogP contribution >= 0.6 is 11.6 Å². The van der Waals surface area contributed by atoms with E-state index < -0.39 is 6.03 Å².